The molecule has 0 aromatic heterocycles. The number of hydrogen-bond acceptors (Lipinski definition) is 3. The van der Waals surface area contributed by atoms with Crippen LogP contribution in [0.1, 0.15) is 44.3 Å². The summed E-state index contributed by atoms with van der Waals surface area (Å²) in [4.78, 5) is 0. The summed E-state index contributed by atoms with van der Waals surface area (Å²) in [6.07, 6.45) is 3.48. The highest BCUT2D eigenvalue weighted by atomic mass is 16.5. The molecular formula is C16H24O3. The monoisotopic (exact) mass is 264 g/mol. The maximum Gasteiger partial charge on any atom is 0.118 e. The molecule has 3 nitrogen and oxygen atoms in total. The highest BCUT2D eigenvalue weighted by Crippen LogP contribution is 2.42. The molecule has 1 fully saturated rings. The molecule has 19 heavy (non-hydrogen) atoms. The lowest BCUT2D eigenvalue weighted by molar-refractivity contribution is -0.130. The molecule has 0 saturated heterocycles. The molecule has 0 radical (unpaired) electrons. The smallest absolute Gasteiger partial charge is 0.118 e. The summed E-state index contributed by atoms with van der Waals surface area (Å²) < 4.78 is 10.9. The number of aliphatic hydroxyl groups is 1. The van der Waals surface area contributed by atoms with Crippen molar-refractivity contribution in [3.8, 4) is 5.75 Å². The Balaban J connectivity index is 2.17. The van der Waals surface area contributed by atoms with E-state index in [1.807, 2.05) is 24.3 Å². The lowest BCUT2D eigenvalue weighted by Gasteiger charge is -2.41. The summed E-state index contributed by atoms with van der Waals surface area (Å²) in [7, 11) is 3.35. The first-order chi connectivity index (χ1) is 9.11. The molecule has 0 bridgehead atoms. The third kappa shape index (κ3) is 2.93. The van der Waals surface area contributed by atoms with Gasteiger partial charge in [0.15, 0.2) is 0 Å². The van der Waals surface area contributed by atoms with E-state index in [0.717, 1.165) is 42.9 Å². The number of benzene rings is 1. The van der Waals surface area contributed by atoms with Gasteiger partial charge in [0.2, 0.25) is 0 Å². The molecule has 1 aliphatic carbocycles. The van der Waals surface area contributed by atoms with Crippen LogP contribution < -0.4 is 4.74 Å². The van der Waals surface area contributed by atoms with Crippen molar-refractivity contribution in [1.29, 1.82) is 0 Å². The summed E-state index contributed by atoms with van der Waals surface area (Å²) in [5.74, 6) is 1.53. The van der Waals surface area contributed by atoms with Gasteiger partial charge in [-0.15, -0.1) is 0 Å². The van der Waals surface area contributed by atoms with Crippen molar-refractivity contribution < 1.29 is 14.6 Å². The molecule has 2 rings (SSSR count). The molecule has 1 aliphatic rings. The Morgan fingerprint density at radius 1 is 1.16 bits per heavy atom. The van der Waals surface area contributed by atoms with Crippen LogP contribution in [0.15, 0.2) is 24.3 Å². The van der Waals surface area contributed by atoms with Gasteiger partial charge < -0.3 is 14.6 Å². The molecule has 1 N–H and O–H groups in total. The fraction of sp³-hybridized carbons (Fsp3) is 0.625. The van der Waals surface area contributed by atoms with E-state index < -0.39 is 11.7 Å². The number of rotatable bonds is 4. The SMILES string of the molecule is COc1ccc(C(O)C2(OC)CCC(C)CC2)cc1. The van der Waals surface area contributed by atoms with Gasteiger partial charge in [0, 0.05) is 7.11 Å². The summed E-state index contributed by atoms with van der Waals surface area (Å²) >= 11 is 0. The molecule has 1 unspecified atom stereocenters. The van der Waals surface area contributed by atoms with E-state index in [1.54, 1.807) is 14.2 Å². The molecule has 106 valence electrons. The predicted molar refractivity (Wildman–Crippen MR) is 75.3 cm³/mol. The fourth-order valence-electron chi connectivity index (χ4n) is 2.93. The van der Waals surface area contributed by atoms with E-state index in [2.05, 4.69) is 6.92 Å². The average molecular weight is 264 g/mol. The van der Waals surface area contributed by atoms with Gasteiger partial charge >= 0.3 is 0 Å². The van der Waals surface area contributed by atoms with Crippen molar-refractivity contribution in [2.45, 2.75) is 44.3 Å². The van der Waals surface area contributed by atoms with Crippen LogP contribution in [0.4, 0.5) is 0 Å². The normalized spacial score (nSPS) is 28.9. The first kappa shape index (κ1) is 14.4. The Morgan fingerprint density at radius 2 is 1.74 bits per heavy atom. The Hall–Kier alpha value is -1.06. The third-order valence-electron chi connectivity index (χ3n) is 4.46. The van der Waals surface area contributed by atoms with Crippen LogP contribution in [0.25, 0.3) is 0 Å². The molecule has 0 spiro atoms. The zero-order chi connectivity index (χ0) is 13.9. The van der Waals surface area contributed by atoms with Crippen LogP contribution in [0.5, 0.6) is 5.75 Å². The molecule has 0 heterocycles. The Kier molecular flexibility index (Phi) is 4.48. The van der Waals surface area contributed by atoms with E-state index in [0.29, 0.717) is 0 Å². The first-order valence-corrected chi connectivity index (χ1v) is 6.98. The maximum atomic E-state index is 10.7. The van der Waals surface area contributed by atoms with E-state index in [1.165, 1.54) is 0 Å². The molecular weight excluding hydrogens is 240 g/mol. The Labute approximate surface area is 115 Å². The topological polar surface area (TPSA) is 38.7 Å². The number of ether oxygens (including phenoxy) is 2. The predicted octanol–water partition coefficient (Wildman–Crippen LogP) is 3.32. The highest BCUT2D eigenvalue weighted by Gasteiger charge is 2.41. The zero-order valence-electron chi connectivity index (χ0n) is 12.1. The van der Waals surface area contributed by atoms with E-state index in [-0.39, 0.29) is 0 Å². The zero-order valence-corrected chi connectivity index (χ0v) is 12.1. The molecule has 0 amide bonds. The van der Waals surface area contributed by atoms with Crippen molar-refractivity contribution in [2.75, 3.05) is 14.2 Å². The van der Waals surface area contributed by atoms with E-state index in [9.17, 15) is 5.11 Å². The summed E-state index contributed by atoms with van der Waals surface area (Å²) in [5, 5.41) is 10.7. The van der Waals surface area contributed by atoms with Gasteiger partial charge in [-0.1, -0.05) is 19.1 Å². The molecule has 1 atom stereocenters. The van der Waals surface area contributed by atoms with Crippen LogP contribution in [-0.2, 0) is 4.74 Å². The maximum absolute atomic E-state index is 10.7. The molecule has 1 aromatic rings. The number of aliphatic hydroxyl groups excluding tert-OH is 1. The Morgan fingerprint density at radius 3 is 2.21 bits per heavy atom. The second kappa shape index (κ2) is 5.93. The van der Waals surface area contributed by atoms with Gasteiger partial charge in [-0.2, -0.15) is 0 Å². The second-order valence-electron chi connectivity index (χ2n) is 5.63. The Bertz CT molecular complexity index is 391. The quantitative estimate of drug-likeness (QED) is 0.906. The highest BCUT2D eigenvalue weighted by molar-refractivity contribution is 5.29. The van der Waals surface area contributed by atoms with E-state index >= 15 is 0 Å². The number of methoxy groups -OCH3 is 2. The van der Waals surface area contributed by atoms with Crippen LogP contribution in [-0.4, -0.2) is 24.9 Å². The van der Waals surface area contributed by atoms with Gasteiger partial charge in [-0.25, -0.2) is 0 Å². The minimum absolute atomic E-state index is 0.429. The fourth-order valence-corrected chi connectivity index (χ4v) is 2.93. The van der Waals surface area contributed by atoms with Crippen LogP contribution >= 0.6 is 0 Å². The second-order valence-corrected chi connectivity index (χ2v) is 5.63. The summed E-state index contributed by atoms with van der Waals surface area (Å²) in [6, 6.07) is 7.60. The van der Waals surface area contributed by atoms with Crippen LogP contribution in [0, 0.1) is 5.92 Å². The minimum Gasteiger partial charge on any atom is -0.497 e. The van der Waals surface area contributed by atoms with Crippen LogP contribution in [0.3, 0.4) is 0 Å². The molecule has 1 saturated carbocycles. The minimum atomic E-state index is -0.573. The lowest BCUT2D eigenvalue weighted by atomic mass is 9.74. The third-order valence-corrected chi connectivity index (χ3v) is 4.46. The van der Waals surface area contributed by atoms with Crippen molar-refractivity contribution in [1.82, 2.24) is 0 Å². The van der Waals surface area contributed by atoms with Crippen molar-refractivity contribution in [3.63, 3.8) is 0 Å². The van der Waals surface area contributed by atoms with E-state index in [4.69, 9.17) is 9.47 Å². The largest absolute Gasteiger partial charge is 0.497 e. The van der Waals surface area contributed by atoms with Gasteiger partial charge in [0.1, 0.15) is 11.9 Å². The van der Waals surface area contributed by atoms with Gasteiger partial charge in [0.05, 0.1) is 12.7 Å². The standard InChI is InChI=1S/C16H24O3/c1-12-8-10-16(19-3,11-9-12)15(17)13-4-6-14(18-2)7-5-13/h4-7,12,15,17H,8-11H2,1-3H3. The van der Waals surface area contributed by atoms with Crippen molar-refractivity contribution in [3.05, 3.63) is 29.8 Å². The average Bonchev–Trinajstić information content (AvgIpc) is 2.48. The lowest BCUT2D eigenvalue weighted by Crippen LogP contribution is -2.41. The molecule has 0 aliphatic heterocycles. The van der Waals surface area contributed by atoms with Gasteiger partial charge in [0.25, 0.3) is 0 Å². The van der Waals surface area contributed by atoms with Gasteiger partial charge in [-0.3, -0.25) is 0 Å². The molecule has 3 heteroatoms. The van der Waals surface area contributed by atoms with Crippen molar-refractivity contribution in [2.24, 2.45) is 5.92 Å². The van der Waals surface area contributed by atoms with Crippen LogP contribution in [0.2, 0.25) is 0 Å². The summed E-state index contributed by atoms with van der Waals surface area (Å²) in [6.45, 7) is 2.26. The number of hydrogen-bond donors (Lipinski definition) is 1. The summed E-state index contributed by atoms with van der Waals surface area (Å²) in [5.41, 5.74) is 0.471. The van der Waals surface area contributed by atoms with Crippen molar-refractivity contribution >= 4 is 0 Å². The first-order valence-electron chi connectivity index (χ1n) is 6.98. The molecule has 1 aromatic carbocycles. The van der Waals surface area contributed by atoms with Gasteiger partial charge in [-0.05, 0) is 49.3 Å².